The zero-order chi connectivity index (χ0) is 9.14. The van der Waals surface area contributed by atoms with Gasteiger partial charge in [0, 0.05) is 6.07 Å². The molecule has 0 saturated carbocycles. The Morgan fingerprint density at radius 3 is 2.75 bits per heavy atom. The van der Waals surface area contributed by atoms with Crippen molar-refractivity contribution in [3.05, 3.63) is 38.7 Å². The largest absolute Gasteiger partial charge is 0.493 e. The summed E-state index contributed by atoms with van der Waals surface area (Å²) in [5.41, 5.74) is -0.360. The molecule has 0 aliphatic rings. The number of hydrogen-bond donors (Lipinski definition) is 0. The van der Waals surface area contributed by atoms with Gasteiger partial charge in [-0.15, -0.1) is 0 Å². The Bertz CT molecular complexity index is 352. The Labute approximate surface area is 77.1 Å². The summed E-state index contributed by atoms with van der Waals surface area (Å²) >= 11 is 2.99. The van der Waals surface area contributed by atoms with E-state index in [0.717, 1.165) is 6.07 Å². The third-order valence-corrected chi connectivity index (χ3v) is 1.94. The van der Waals surface area contributed by atoms with E-state index in [0.29, 0.717) is 0 Å². The first-order valence-electron chi connectivity index (χ1n) is 3.18. The van der Waals surface area contributed by atoms with Gasteiger partial charge in [0.05, 0.1) is 11.6 Å². The van der Waals surface area contributed by atoms with Crippen LogP contribution >= 0.6 is 15.9 Å². The summed E-state index contributed by atoms with van der Waals surface area (Å²) < 4.78 is 17.7. The Morgan fingerprint density at radius 1 is 1.50 bits per heavy atom. The van der Waals surface area contributed by atoms with Crippen LogP contribution in [0.1, 0.15) is 0 Å². The van der Waals surface area contributed by atoms with Crippen molar-refractivity contribution >= 4 is 15.9 Å². The van der Waals surface area contributed by atoms with Gasteiger partial charge in [0.25, 0.3) is 0 Å². The number of hydrogen-bond acceptors (Lipinski definition) is 2. The molecule has 12 heavy (non-hydrogen) atoms. The molecular formula is C8H6BrFO2. The van der Waals surface area contributed by atoms with Gasteiger partial charge in [-0.1, -0.05) is 0 Å². The molecule has 0 bridgehead atoms. The first-order valence-corrected chi connectivity index (χ1v) is 3.98. The standard InChI is InChI=1S/C8H6BrFO2/c1-12-7-4-5(10)2-3-6(9)8(7)11/h2-4H,1H3. The Hall–Kier alpha value is -0.900. The summed E-state index contributed by atoms with van der Waals surface area (Å²) in [5, 5.41) is 0. The first kappa shape index (κ1) is 9.19. The third-order valence-electron chi connectivity index (χ3n) is 1.32. The number of rotatable bonds is 1. The molecule has 0 amide bonds. The maximum atomic E-state index is 12.7. The predicted molar refractivity (Wildman–Crippen MR) is 46.9 cm³/mol. The molecule has 64 valence electrons. The predicted octanol–water partition coefficient (Wildman–Crippen LogP) is 1.96. The highest BCUT2D eigenvalue weighted by molar-refractivity contribution is 9.10. The molecule has 1 rings (SSSR count). The molecule has 1 aromatic rings. The van der Waals surface area contributed by atoms with Crippen LogP contribution < -0.4 is 10.2 Å². The fraction of sp³-hybridized carbons (Fsp3) is 0.125. The second kappa shape index (κ2) is 3.67. The lowest BCUT2D eigenvalue weighted by molar-refractivity contribution is 0.408. The Kier molecular flexibility index (Phi) is 2.81. The zero-order valence-electron chi connectivity index (χ0n) is 6.30. The van der Waals surface area contributed by atoms with E-state index in [9.17, 15) is 9.18 Å². The minimum atomic E-state index is -0.505. The molecule has 1 aromatic carbocycles. The maximum absolute atomic E-state index is 12.7. The van der Waals surface area contributed by atoms with E-state index in [1.54, 1.807) is 0 Å². The minimum absolute atomic E-state index is 0.00984. The fourth-order valence-corrected chi connectivity index (χ4v) is 1.06. The SMILES string of the molecule is COc1cc(F)ccc(Br)c1=O. The van der Waals surface area contributed by atoms with Crippen molar-refractivity contribution in [3.63, 3.8) is 0 Å². The quantitative estimate of drug-likeness (QED) is 0.741. The molecule has 0 radical (unpaired) electrons. The minimum Gasteiger partial charge on any atom is -0.493 e. The van der Waals surface area contributed by atoms with E-state index < -0.39 is 5.82 Å². The molecule has 0 aromatic heterocycles. The first-order chi connectivity index (χ1) is 5.65. The monoisotopic (exact) mass is 232 g/mol. The van der Waals surface area contributed by atoms with Gasteiger partial charge in [0.15, 0.2) is 5.75 Å². The van der Waals surface area contributed by atoms with Gasteiger partial charge in [-0.05, 0) is 28.1 Å². The third kappa shape index (κ3) is 1.82. The van der Waals surface area contributed by atoms with E-state index in [1.807, 2.05) is 0 Å². The molecule has 4 heteroatoms. The summed E-state index contributed by atoms with van der Waals surface area (Å²) in [5.74, 6) is -0.515. The lowest BCUT2D eigenvalue weighted by Gasteiger charge is -1.91. The zero-order valence-corrected chi connectivity index (χ0v) is 7.89. The van der Waals surface area contributed by atoms with Crippen LogP contribution in [0.2, 0.25) is 0 Å². The highest BCUT2D eigenvalue weighted by Gasteiger charge is 2.02. The van der Waals surface area contributed by atoms with E-state index in [4.69, 9.17) is 0 Å². The van der Waals surface area contributed by atoms with Crippen LogP contribution in [0.25, 0.3) is 0 Å². The lowest BCUT2D eigenvalue weighted by Crippen LogP contribution is -2.02. The lowest BCUT2D eigenvalue weighted by atomic mass is 10.4. The average Bonchev–Trinajstić information content (AvgIpc) is 2.18. The molecule has 0 unspecified atom stereocenters. The van der Waals surface area contributed by atoms with Gasteiger partial charge in [0.2, 0.25) is 5.43 Å². The van der Waals surface area contributed by atoms with Crippen molar-refractivity contribution in [3.8, 4) is 5.75 Å². The molecule has 0 aliphatic carbocycles. The summed E-state index contributed by atoms with van der Waals surface area (Å²) in [7, 11) is 1.32. The van der Waals surface area contributed by atoms with Gasteiger partial charge < -0.3 is 4.74 Å². The van der Waals surface area contributed by atoms with Crippen LogP contribution in [0.3, 0.4) is 0 Å². The summed E-state index contributed by atoms with van der Waals surface area (Å²) in [4.78, 5) is 11.2. The molecule has 0 atom stereocenters. The maximum Gasteiger partial charge on any atom is 0.234 e. The second-order valence-corrected chi connectivity index (χ2v) is 2.96. The van der Waals surface area contributed by atoms with Crippen LogP contribution in [0.5, 0.6) is 5.75 Å². The smallest absolute Gasteiger partial charge is 0.234 e. The summed E-state index contributed by atoms with van der Waals surface area (Å²) in [6.45, 7) is 0. The molecule has 2 nitrogen and oxygen atoms in total. The van der Waals surface area contributed by atoms with Gasteiger partial charge in [-0.25, -0.2) is 4.39 Å². The highest BCUT2D eigenvalue weighted by atomic mass is 79.9. The van der Waals surface area contributed by atoms with Gasteiger partial charge in [-0.3, -0.25) is 4.79 Å². The molecule has 0 spiro atoms. The highest BCUT2D eigenvalue weighted by Crippen LogP contribution is 2.10. The number of ether oxygens (including phenoxy) is 1. The van der Waals surface area contributed by atoms with Crippen molar-refractivity contribution in [1.29, 1.82) is 0 Å². The topological polar surface area (TPSA) is 26.3 Å². The van der Waals surface area contributed by atoms with Crippen LogP contribution in [-0.2, 0) is 0 Å². The van der Waals surface area contributed by atoms with Crippen LogP contribution in [0.4, 0.5) is 4.39 Å². The van der Waals surface area contributed by atoms with E-state index in [-0.39, 0.29) is 15.7 Å². The van der Waals surface area contributed by atoms with Crippen molar-refractivity contribution in [1.82, 2.24) is 0 Å². The molecule has 0 saturated heterocycles. The normalized spacial score (nSPS) is 9.58. The number of methoxy groups -OCH3 is 1. The van der Waals surface area contributed by atoms with E-state index in [2.05, 4.69) is 20.7 Å². The molecule has 0 aliphatic heterocycles. The summed E-state index contributed by atoms with van der Waals surface area (Å²) in [6.07, 6.45) is 0. The fourth-order valence-electron chi connectivity index (χ4n) is 0.737. The van der Waals surface area contributed by atoms with Crippen molar-refractivity contribution < 1.29 is 9.13 Å². The van der Waals surface area contributed by atoms with Crippen molar-refractivity contribution in [2.24, 2.45) is 0 Å². The van der Waals surface area contributed by atoms with Crippen LogP contribution in [0, 0.1) is 5.82 Å². The molecule has 0 N–H and O–H groups in total. The van der Waals surface area contributed by atoms with E-state index in [1.165, 1.54) is 19.2 Å². The molecule has 0 heterocycles. The van der Waals surface area contributed by atoms with Gasteiger partial charge in [0.1, 0.15) is 5.82 Å². The Balaban J connectivity index is 3.50. The van der Waals surface area contributed by atoms with E-state index >= 15 is 0 Å². The van der Waals surface area contributed by atoms with Gasteiger partial charge >= 0.3 is 0 Å². The summed E-state index contributed by atoms with van der Waals surface area (Å²) in [6, 6.07) is 3.58. The van der Waals surface area contributed by atoms with Crippen LogP contribution in [0.15, 0.2) is 27.5 Å². The molecular weight excluding hydrogens is 227 g/mol. The second-order valence-electron chi connectivity index (χ2n) is 2.11. The number of halogens is 2. The van der Waals surface area contributed by atoms with Crippen LogP contribution in [-0.4, -0.2) is 7.11 Å². The Morgan fingerprint density at radius 2 is 2.17 bits per heavy atom. The molecule has 0 fully saturated rings. The average molecular weight is 233 g/mol. The van der Waals surface area contributed by atoms with Crippen molar-refractivity contribution in [2.75, 3.05) is 7.11 Å². The van der Waals surface area contributed by atoms with Crippen molar-refractivity contribution in [2.45, 2.75) is 0 Å². The van der Waals surface area contributed by atoms with Gasteiger partial charge in [-0.2, -0.15) is 0 Å².